The molecule has 0 amide bonds. The first-order chi connectivity index (χ1) is 33.2. The van der Waals surface area contributed by atoms with E-state index in [-0.39, 0.29) is 0 Å². The molecule has 2 saturated carbocycles. The number of hydrogen-bond donors (Lipinski definition) is 0. The van der Waals surface area contributed by atoms with Gasteiger partial charge in [-0.15, -0.1) is 0 Å². The van der Waals surface area contributed by atoms with Crippen LogP contribution in [0.15, 0.2) is 0 Å². The van der Waals surface area contributed by atoms with Gasteiger partial charge in [0.1, 0.15) is 0 Å². The minimum Gasteiger partial charge on any atom is -0.0654 e. The van der Waals surface area contributed by atoms with Crippen LogP contribution in [0.3, 0.4) is 0 Å². The van der Waals surface area contributed by atoms with E-state index in [1.54, 1.807) is 103 Å². The van der Waals surface area contributed by atoms with Crippen molar-refractivity contribution in [1.29, 1.82) is 0 Å². The van der Waals surface area contributed by atoms with E-state index in [2.05, 4.69) is 27.7 Å². The lowest BCUT2D eigenvalue weighted by molar-refractivity contribution is -0.125. The highest BCUT2D eigenvalue weighted by atomic mass is 14.6. The maximum absolute atomic E-state index is 2.36. The van der Waals surface area contributed by atoms with Gasteiger partial charge in [0.15, 0.2) is 0 Å². The number of rotatable bonds is 52. The van der Waals surface area contributed by atoms with Crippen LogP contribution in [0, 0.1) is 22.7 Å². The van der Waals surface area contributed by atoms with Crippen molar-refractivity contribution in [1.82, 2.24) is 0 Å². The Labute approximate surface area is 427 Å². The minimum absolute atomic E-state index is 0.590. The summed E-state index contributed by atoms with van der Waals surface area (Å²) in [6, 6.07) is 0. The van der Waals surface area contributed by atoms with Crippen LogP contribution in [0.5, 0.6) is 0 Å². The Hall–Kier alpha value is 0. The minimum atomic E-state index is 0.590. The van der Waals surface area contributed by atoms with E-state index >= 15 is 0 Å². The Bertz CT molecular complexity index is 867. The lowest BCUT2D eigenvalue weighted by Crippen LogP contribution is -2.53. The Morgan fingerprint density at radius 1 is 0.209 bits per heavy atom. The second-order valence-corrected chi connectivity index (χ2v) is 24.5. The highest BCUT2D eigenvalue weighted by molar-refractivity contribution is 5.06. The van der Waals surface area contributed by atoms with Gasteiger partial charge in [-0.25, -0.2) is 0 Å². The van der Waals surface area contributed by atoms with Crippen LogP contribution < -0.4 is 0 Å². The van der Waals surface area contributed by atoms with Crippen LogP contribution in [0.2, 0.25) is 0 Å². The summed E-state index contributed by atoms with van der Waals surface area (Å²) in [6.45, 7) is 9.43. The van der Waals surface area contributed by atoms with Gasteiger partial charge in [-0.2, -0.15) is 0 Å². The molecule has 67 heavy (non-hydrogen) atoms. The van der Waals surface area contributed by atoms with Crippen LogP contribution in [-0.4, -0.2) is 0 Å². The van der Waals surface area contributed by atoms with E-state index in [0.29, 0.717) is 10.8 Å². The molecule has 0 heteroatoms. The van der Waals surface area contributed by atoms with Crippen molar-refractivity contribution < 1.29 is 0 Å². The molecule has 0 aliphatic heterocycles. The molecule has 0 bridgehead atoms. The Morgan fingerprint density at radius 2 is 0.388 bits per heavy atom. The standard InChI is InChI=1S/C67H132/c1-5-9-13-17-21-25-29-33-37-41-45-55-63-67(64-56-48-46-49-57-64,65-58-50-47-51-59-65)66(60-52-42-38-34-30-26-22-18-14-10-6-2,61-53-43-39-35-31-27-23-19-15-11-7-3)62-54-44-40-36-32-28-24-20-16-12-8-4/h64-65H,5-63H2,1-4H3. The maximum Gasteiger partial charge on any atom is -0.0184 e. The van der Waals surface area contributed by atoms with Crippen molar-refractivity contribution in [3.63, 3.8) is 0 Å². The molecule has 0 nitrogen and oxygen atoms in total. The Balaban J connectivity index is 2.31. The fourth-order valence-corrected chi connectivity index (χ4v) is 14.8. The van der Waals surface area contributed by atoms with Crippen molar-refractivity contribution in [2.75, 3.05) is 0 Å². The molecule has 2 aliphatic rings. The SMILES string of the molecule is CCCCCCCCCCCCCCC(C1CCCCC1)(C1CCCCC1)C(CCCCCCCCCCCCC)(CCCCCCCCCCCCC)CCCCCCCCCCCCC. The molecule has 0 aromatic heterocycles. The zero-order valence-electron chi connectivity index (χ0n) is 47.9. The summed E-state index contributed by atoms with van der Waals surface area (Å²) in [5, 5.41) is 0. The molecule has 0 N–H and O–H groups in total. The molecule has 0 heterocycles. The Kier molecular flexibility index (Phi) is 44.3. The molecule has 2 rings (SSSR count). The van der Waals surface area contributed by atoms with Gasteiger partial charge in [-0.05, 0) is 74.0 Å². The molecule has 2 fully saturated rings. The topological polar surface area (TPSA) is 0 Å². The van der Waals surface area contributed by atoms with Crippen LogP contribution in [0.4, 0.5) is 0 Å². The van der Waals surface area contributed by atoms with Gasteiger partial charge in [0.2, 0.25) is 0 Å². The van der Waals surface area contributed by atoms with Crippen LogP contribution in [0.1, 0.15) is 407 Å². The fourth-order valence-electron chi connectivity index (χ4n) is 14.8. The third kappa shape index (κ3) is 30.6. The summed E-state index contributed by atoms with van der Waals surface area (Å²) in [5.74, 6) is 2.04. The average Bonchev–Trinajstić information content (AvgIpc) is 3.36. The van der Waals surface area contributed by atoms with Crippen molar-refractivity contribution in [2.24, 2.45) is 22.7 Å². The Morgan fingerprint density at radius 3 is 0.597 bits per heavy atom. The summed E-state index contributed by atoms with van der Waals surface area (Å²) in [5.41, 5.74) is 1.20. The maximum atomic E-state index is 2.36. The smallest absolute Gasteiger partial charge is 0.0184 e. The van der Waals surface area contributed by atoms with Crippen LogP contribution in [0.25, 0.3) is 0 Å². The van der Waals surface area contributed by atoms with E-state index in [1.165, 1.54) is 276 Å². The number of hydrogen-bond acceptors (Lipinski definition) is 0. The van der Waals surface area contributed by atoms with Crippen molar-refractivity contribution >= 4 is 0 Å². The van der Waals surface area contributed by atoms with Crippen molar-refractivity contribution in [3.8, 4) is 0 Å². The molecule has 0 aromatic carbocycles. The fraction of sp³-hybridized carbons (Fsp3) is 1.00. The molecule has 400 valence electrons. The van der Waals surface area contributed by atoms with Crippen molar-refractivity contribution in [3.05, 3.63) is 0 Å². The first kappa shape index (κ1) is 63.1. The molecule has 2 aliphatic carbocycles. The van der Waals surface area contributed by atoms with Gasteiger partial charge in [-0.3, -0.25) is 0 Å². The third-order valence-corrected chi connectivity index (χ3v) is 18.9. The van der Waals surface area contributed by atoms with E-state index < -0.39 is 0 Å². The van der Waals surface area contributed by atoms with Crippen LogP contribution >= 0.6 is 0 Å². The zero-order chi connectivity index (χ0) is 47.9. The largest absolute Gasteiger partial charge is 0.0654 e. The van der Waals surface area contributed by atoms with Gasteiger partial charge in [-0.1, -0.05) is 355 Å². The molecule has 0 unspecified atom stereocenters. The predicted octanol–water partition coefficient (Wildman–Crippen LogP) is 25.3. The first-order valence-corrected chi connectivity index (χ1v) is 33.2. The van der Waals surface area contributed by atoms with E-state index in [1.807, 2.05) is 0 Å². The second kappa shape index (κ2) is 47.0. The normalized spacial score (nSPS) is 15.6. The third-order valence-electron chi connectivity index (χ3n) is 18.9. The van der Waals surface area contributed by atoms with E-state index in [0.717, 1.165) is 11.8 Å². The van der Waals surface area contributed by atoms with Gasteiger partial charge < -0.3 is 0 Å². The van der Waals surface area contributed by atoms with E-state index in [4.69, 9.17) is 0 Å². The van der Waals surface area contributed by atoms with Crippen LogP contribution in [-0.2, 0) is 0 Å². The van der Waals surface area contributed by atoms with Gasteiger partial charge in [0.25, 0.3) is 0 Å². The lowest BCUT2D eigenvalue weighted by atomic mass is 9.43. The van der Waals surface area contributed by atoms with Crippen molar-refractivity contribution in [2.45, 2.75) is 407 Å². The summed E-state index contributed by atoms with van der Waals surface area (Å²) >= 11 is 0. The molecule has 0 spiro atoms. The molecule has 0 atom stereocenters. The quantitative estimate of drug-likeness (QED) is 0.0533. The highest BCUT2D eigenvalue weighted by Crippen LogP contribution is 2.66. The second-order valence-electron chi connectivity index (χ2n) is 24.5. The number of unbranched alkanes of at least 4 members (excludes halogenated alkanes) is 41. The lowest BCUT2D eigenvalue weighted by Gasteiger charge is -2.62. The first-order valence-electron chi connectivity index (χ1n) is 33.2. The zero-order valence-corrected chi connectivity index (χ0v) is 47.9. The average molecular weight is 938 g/mol. The summed E-state index contributed by atoms with van der Waals surface area (Å²) < 4.78 is 0. The summed E-state index contributed by atoms with van der Waals surface area (Å²) in [4.78, 5) is 0. The summed E-state index contributed by atoms with van der Waals surface area (Å²) in [7, 11) is 0. The molecular formula is C67H132. The molecular weight excluding hydrogens is 805 g/mol. The highest BCUT2D eigenvalue weighted by Gasteiger charge is 2.57. The summed E-state index contributed by atoms with van der Waals surface area (Å²) in [6.07, 6.45) is 89.0. The molecule has 0 radical (unpaired) electrons. The van der Waals surface area contributed by atoms with Gasteiger partial charge in [0.05, 0.1) is 0 Å². The molecule has 0 aromatic rings. The predicted molar refractivity (Wildman–Crippen MR) is 307 cm³/mol. The molecule has 0 saturated heterocycles. The van der Waals surface area contributed by atoms with Gasteiger partial charge in [0, 0.05) is 0 Å². The van der Waals surface area contributed by atoms with E-state index in [9.17, 15) is 0 Å². The van der Waals surface area contributed by atoms with Gasteiger partial charge >= 0.3 is 0 Å². The monoisotopic (exact) mass is 937 g/mol.